The first-order valence-electron chi connectivity index (χ1n) is 7.70. The minimum atomic E-state index is -0.276. The average Bonchev–Trinajstić information content (AvgIpc) is 3.16. The molecule has 6 nitrogen and oxygen atoms in total. The topological polar surface area (TPSA) is 75.9 Å². The molecule has 2 N–H and O–H groups in total. The Labute approximate surface area is 151 Å². The number of aromatic nitrogens is 4. The molecule has 1 fully saturated rings. The maximum atomic E-state index is 13.8. The van der Waals surface area contributed by atoms with Crippen molar-refractivity contribution in [3.63, 3.8) is 0 Å². The van der Waals surface area contributed by atoms with Gasteiger partial charge in [-0.15, -0.1) is 0 Å². The van der Waals surface area contributed by atoms with Crippen molar-refractivity contribution in [1.29, 1.82) is 0 Å². The van der Waals surface area contributed by atoms with Crippen LogP contribution < -0.4 is 5.32 Å². The number of aliphatic hydroxyl groups is 1. The SMILES string of the molecule is O[C@H]1CC[C@H](Nc2ncc3ncn(-c4ccc(I)c(F)c4)c3n2)C1. The standard InChI is InChI=1S/C16H15FIN5O/c17-12-6-10(2-4-13(12)18)23-8-20-14-7-19-16(22-15(14)23)21-9-1-3-11(24)5-9/h2,4,6-9,11,24H,1,3,5H2,(H,19,21,22)/t9-,11-/m0/s1. The molecule has 1 aromatic carbocycles. The van der Waals surface area contributed by atoms with E-state index in [2.05, 4.69) is 20.3 Å². The number of fused-ring (bicyclic) bond motifs is 1. The molecule has 1 aliphatic carbocycles. The van der Waals surface area contributed by atoms with Crippen molar-refractivity contribution in [3.05, 3.63) is 40.1 Å². The third kappa shape index (κ3) is 2.95. The predicted molar refractivity (Wildman–Crippen MR) is 96.6 cm³/mol. The number of imidazole rings is 1. The number of rotatable bonds is 3. The lowest BCUT2D eigenvalue weighted by molar-refractivity contribution is 0.182. The van der Waals surface area contributed by atoms with Crippen LogP contribution in [0.2, 0.25) is 0 Å². The molecule has 2 heterocycles. The van der Waals surface area contributed by atoms with Gasteiger partial charge in [0.15, 0.2) is 5.65 Å². The third-order valence-corrected chi connectivity index (χ3v) is 5.08. The Kier molecular flexibility index (Phi) is 4.09. The summed E-state index contributed by atoms with van der Waals surface area (Å²) in [4.78, 5) is 13.1. The van der Waals surface area contributed by atoms with Gasteiger partial charge in [-0.1, -0.05) is 0 Å². The summed E-state index contributed by atoms with van der Waals surface area (Å²) >= 11 is 1.96. The molecule has 0 spiro atoms. The zero-order valence-electron chi connectivity index (χ0n) is 12.7. The summed E-state index contributed by atoms with van der Waals surface area (Å²) in [7, 11) is 0. The number of anilines is 1. The monoisotopic (exact) mass is 439 g/mol. The van der Waals surface area contributed by atoms with E-state index < -0.39 is 0 Å². The second kappa shape index (κ2) is 6.25. The van der Waals surface area contributed by atoms with Crippen molar-refractivity contribution in [1.82, 2.24) is 19.5 Å². The van der Waals surface area contributed by atoms with Crippen LogP contribution in [-0.2, 0) is 0 Å². The van der Waals surface area contributed by atoms with Gasteiger partial charge >= 0.3 is 0 Å². The van der Waals surface area contributed by atoms with E-state index in [1.54, 1.807) is 23.2 Å². The Morgan fingerprint density at radius 2 is 2.17 bits per heavy atom. The van der Waals surface area contributed by atoms with Crippen LogP contribution in [-0.4, -0.2) is 36.8 Å². The lowest BCUT2D eigenvalue weighted by Gasteiger charge is -2.12. The van der Waals surface area contributed by atoms with E-state index in [0.717, 1.165) is 12.8 Å². The third-order valence-electron chi connectivity index (χ3n) is 4.21. The minimum absolute atomic E-state index is 0.171. The van der Waals surface area contributed by atoms with Crippen molar-refractivity contribution in [2.24, 2.45) is 0 Å². The quantitative estimate of drug-likeness (QED) is 0.614. The van der Waals surface area contributed by atoms with Gasteiger partial charge in [-0.2, -0.15) is 4.98 Å². The fraction of sp³-hybridized carbons (Fsp3) is 0.312. The van der Waals surface area contributed by atoms with Crippen LogP contribution in [0.4, 0.5) is 10.3 Å². The van der Waals surface area contributed by atoms with Crippen molar-refractivity contribution in [2.45, 2.75) is 31.4 Å². The van der Waals surface area contributed by atoms with E-state index >= 15 is 0 Å². The average molecular weight is 439 g/mol. The maximum Gasteiger partial charge on any atom is 0.224 e. The highest BCUT2D eigenvalue weighted by molar-refractivity contribution is 14.1. The van der Waals surface area contributed by atoms with Gasteiger partial charge in [-0.05, 0) is 60.1 Å². The predicted octanol–water partition coefficient (Wildman–Crippen LogP) is 2.88. The van der Waals surface area contributed by atoms with E-state index in [1.807, 2.05) is 28.7 Å². The van der Waals surface area contributed by atoms with Crippen molar-refractivity contribution < 1.29 is 9.50 Å². The highest BCUT2D eigenvalue weighted by Crippen LogP contribution is 2.23. The van der Waals surface area contributed by atoms with Crippen molar-refractivity contribution >= 4 is 39.7 Å². The molecule has 3 aromatic rings. The highest BCUT2D eigenvalue weighted by Gasteiger charge is 2.23. The Morgan fingerprint density at radius 3 is 2.92 bits per heavy atom. The largest absolute Gasteiger partial charge is 0.393 e. The van der Waals surface area contributed by atoms with Gasteiger partial charge < -0.3 is 10.4 Å². The summed E-state index contributed by atoms with van der Waals surface area (Å²) in [6, 6.07) is 5.18. The van der Waals surface area contributed by atoms with E-state index in [9.17, 15) is 9.50 Å². The maximum absolute atomic E-state index is 13.8. The Bertz CT molecular complexity index is 899. The summed E-state index contributed by atoms with van der Waals surface area (Å²) < 4.78 is 16.2. The molecule has 0 saturated heterocycles. The Balaban J connectivity index is 1.69. The van der Waals surface area contributed by atoms with E-state index in [-0.39, 0.29) is 18.0 Å². The summed E-state index contributed by atoms with van der Waals surface area (Å²) in [5.41, 5.74) is 1.92. The van der Waals surface area contributed by atoms with Crippen molar-refractivity contribution in [2.75, 3.05) is 5.32 Å². The summed E-state index contributed by atoms with van der Waals surface area (Å²) in [6.45, 7) is 0. The first kappa shape index (κ1) is 15.7. The van der Waals surface area contributed by atoms with Crippen LogP contribution in [0.1, 0.15) is 19.3 Å². The van der Waals surface area contributed by atoms with E-state index in [1.165, 1.54) is 6.07 Å². The number of aliphatic hydroxyl groups excluding tert-OH is 1. The van der Waals surface area contributed by atoms with Gasteiger partial charge in [-0.3, -0.25) is 4.57 Å². The molecule has 1 saturated carbocycles. The van der Waals surface area contributed by atoms with Crippen LogP contribution in [0.25, 0.3) is 16.9 Å². The number of nitrogens with one attached hydrogen (secondary N) is 1. The molecule has 0 bridgehead atoms. The van der Waals surface area contributed by atoms with Gasteiger partial charge in [0.25, 0.3) is 0 Å². The number of nitrogens with zero attached hydrogens (tertiary/aromatic N) is 4. The van der Waals surface area contributed by atoms with E-state index in [4.69, 9.17) is 0 Å². The molecule has 2 atom stereocenters. The number of hydrogen-bond donors (Lipinski definition) is 2. The Morgan fingerprint density at radius 1 is 1.29 bits per heavy atom. The number of hydrogen-bond acceptors (Lipinski definition) is 5. The number of benzene rings is 1. The zero-order valence-corrected chi connectivity index (χ0v) is 14.8. The second-order valence-electron chi connectivity index (χ2n) is 5.92. The van der Waals surface area contributed by atoms with Crippen LogP contribution >= 0.6 is 22.6 Å². The van der Waals surface area contributed by atoms with Crippen LogP contribution in [0, 0.1) is 9.39 Å². The first-order valence-corrected chi connectivity index (χ1v) is 8.78. The van der Waals surface area contributed by atoms with Gasteiger partial charge in [0.05, 0.1) is 18.0 Å². The molecule has 24 heavy (non-hydrogen) atoms. The lowest BCUT2D eigenvalue weighted by Crippen LogP contribution is -2.18. The van der Waals surface area contributed by atoms with Crippen LogP contribution in [0.5, 0.6) is 0 Å². The smallest absolute Gasteiger partial charge is 0.224 e. The van der Waals surface area contributed by atoms with Crippen LogP contribution in [0.3, 0.4) is 0 Å². The highest BCUT2D eigenvalue weighted by atomic mass is 127. The Hall–Kier alpha value is -1.81. The van der Waals surface area contributed by atoms with Gasteiger partial charge in [-0.25, -0.2) is 14.4 Å². The molecule has 0 unspecified atom stereocenters. The zero-order chi connectivity index (χ0) is 16.7. The summed E-state index contributed by atoms with van der Waals surface area (Å²) in [5.74, 6) is 0.219. The molecule has 1 aliphatic rings. The minimum Gasteiger partial charge on any atom is -0.393 e. The van der Waals surface area contributed by atoms with E-state index in [0.29, 0.717) is 32.8 Å². The van der Waals surface area contributed by atoms with Crippen molar-refractivity contribution in [3.8, 4) is 5.69 Å². The van der Waals surface area contributed by atoms with Gasteiger partial charge in [0.2, 0.25) is 5.95 Å². The fourth-order valence-corrected chi connectivity index (χ4v) is 3.31. The molecule has 0 amide bonds. The molecule has 2 aromatic heterocycles. The van der Waals surface area contributed by atoms with Gasteiger partial charge in [0, 0.05) is 9.61 Å². The molecule has 124 valence electrons. The first-order chi connectivity index (χ1) is 11.6. The van der Waals surface area contributed by atoms with Crippen LogP contribution in [0.15, 0.2) is 30.7 Å². The lowest BCUT2D eigenvalue weighted by atomic mass is 10.2. The fourth-order valence-electron chi connectivity index (χ4n) is 2.97. The second-order valence-corrected chi connectivity index (χ2v) is 7.09. The number of halogens is 2. The molecule has 0 radical (unpaired) electrons. The normalized spacial score (nSPS) is 20.6. The molecule has 8 heteroatoms. The molecule has 0 aliphatic heterocycles. The molecular formula is C16H15FIN5O. The molecular weight excluding hydrogens is 424 g/mol. The van der Waals surface area contributed by atoms with Gasteiger partial charge in [0.1, 0.15) is 17.7 Å². The molecule has 4 rings (SSSR count). The summed E-state index contributed by atoms with van der Waals surface area (Å²) in [6.07, 6.45) is 5.39. The summed E-state index contributed by atoms with van der Waals surface area (Å²) in [5, 5.41) is 12.9.